The van der Waals surface area contributed by atoms with E-state index in [0.717, 1.165) is 77.7 Å². The van der Waals surface area contributed by atoms with Gasteiger partial charge in [-0.2, -0.15) is 0 Å². The Kier molecular flexibility index (Phi) is 6.68. The highest BCUT2D eigenvalue weighted by atomic mass is 16.3. The molecular formula is C42H26N4O2. The number of fused-ring (bicyclic) bond motifs is 2. The second kappa shape index (κ2) is 11.6. The first-order valence-corrected chi connectivity index (χ1v) is 15.6. The number of oxazole rings is 2. The first kappa shape index (κ1) is 27.6. The van der Waals surface area contributed by atoms with Gasteiger partial charge in [0.05, 0.1) is 11.4 Å². The SMILES string of the molecule is c1ccc(-c2ccccc2-c2ccc3c(-c4ccc(-c5cocn5)cn4)c4ccccc4c(-c4ccc(-c5cocn5)cn4)c3c2)cc1. The van der Waals surface area contributed by atoms with Crippen LogP contribution >= 0.6 is 0 Å². The molecule has 0 atom stereocenters. The zero-order valence-corrected chi connectivity index (χ0v) is 25.6. The molecule has 0 saturated heterocycles. The summed E-state index contributed by atoms with van der Waals surface area (Å²) in [6, 6.07) is 42.6. The van der Waals surface area contributed by atoms with E-state index in [9.17, 15) is 0 Å². The fourth-order valence-electron chi connectivity index (χ4n) is 6.60. The molecule has 0 N–H and O–H groups in total. The summed E-state index contributed by atoms with van der Waals surface area (Å²) in [5, 5.41) is 4.38. The minimum absolute atomic E-state index is 0.749. The van der Waals surface area contributed by atoms with Gasteiger partial charge in [0.25, 0.3) is 0 Å². The maximum absolute atomic E-state index is 5.23. The number of benzene rings is 5. The van der Waals surface area contributed by atoms with Gasteiger partial charge in [-0.3, -0.25) is 9.97 Å². The highest BCUT2D eigenvalue weighted by Gasteiger charge is 2.20. The van der Waals surface area contributed by atoms with Crippen LogP contribution in [0.4, 0.5) is 0 Å². The highest BCUT2D eigenvalue weighted by Crippen LogP contribution is 2.45. The van der Waals surface area contributed by atoms with Crippen LogP contribution in [0, 0.1) is 0 Å². The van der Waals surface area contributed by atoms with Crippen molar-refractivity contribution < 1.29 is 8.83 Å². The van der Waals surface area contributed by atoms with E-state index in [0.29, 0.717) is 0 Å². The summed E-state index contributed by atoms with van der Waals surface area (Å²) >= 11 is 0. The smallest absolute Gasteiger partial charge is 0.181 e. The van der Waals surface area contributed by atoms with Crippen molar-refractivity contribution in [3.8, 4) is 67.3 Å². The van der Waals surface area contributed by atoms with E-state index in [1.165, 1.54) is 23.9 Å². The lowest BCUT2D eigenvalue weighted by atomic mass is 9.86. The maximum atomic E-state index is 5.23. The molecule has 0 aliphatic heterocycles. The molecule has 0 bridgehead atoms. The molecule has 4 aromatic heterocycles. The van der Waals surface area contributed by atoms with Crippen molar-refractivity contribution >= 4 is 21.5 Å². The van der Waals surface area contributed by atoms with E-state index >= 15 is 0 Å². The molecule has 0 amide bonds. The number of pyridine rings is 2. The fraction of sp³-hybridized carbons (Fsp3) is 0. The summed E-state index contributed by atoms with van der Waals surface area (Å²) in [4.78, 5) is 18.6. The molecule has 0 unspecified atom stereocenters. The molecule has 9 rings (SSSR count). The molecule has 0 spiro atoms. The summed E-state index contributed by atoms with van der Waals surface area (Å²) in [6.07, 6.45) is 9.85. The Bertz CT molecular complexity index is 2520. The standard InChI is InChI=1S/C42H26N4O2/c1-2-8-27(9-3-1)31-10-4-5-11-32(31)28-14-17-35-36(20-28)42(38-19-16-30(22-44-38)40-24-48-26-46-40)34-13-7-6-12-33(34)41(35)37-18-15-29(21-43-37)39-23-47-25-45-39/h1-26H. The van der Waals surface area contributed by atoms with E-state index in [1.807, 2.05) is 30.6 Å². The third-order valence-electron chi connectivity index (χ3n) is 8.84. The summed E-state index contributed by atoms with van der Waals surface area (Å²) in [6.45, 7) is 0. The van der Waals surface area contributed by atoms with Gasteiger partial charge in [0.1, 0.15) is 23.9 Å². The number of nitrogens with zero attached hydrogens (tertiary/aromatic N) is 4. The minimum atomic E-state index is 0.749. The Morgan fingerprint density at radius 2 is 0.854 bits per heavy atom. The average Bonchev–Trinajstić information content (AvgIpc) is 3.91. The van der Waals surface area contributed by atoms with Crippen molar-refractivity contribution in [1.29, 1.82) is 0 Å². The molecule has 6 nitrogen and oxygen atoms in total. The first-order valence-electron chi connectivity index (χ1n) is 15.6. The third-order valence-corrected chi connectivity index (χ3v) is 8.84. The quantitative estimate of drug-likeness (QED) is 0.173. The lowest BCUT2D eigenvalue weighted by Crippen LogP contribution is -1.95. The van der Waals surface area contributed by atoms with E-state index in [1.54, 1.807) is 12.5 Å². The largest absolute Gasteiger partial charge is 0.451 e. The molecule has 226 valence electrons. The normalized spacial score (nSPS) is 11.3. The molecule has 4 heterocycles. The van der Waals surface area contributed by atoms with Crippen LogP contribution in [-0.2, 0) is 0 Å². The topological polar surface area (TPSA) is 77.8 Å². The number of rotatable bonds is 6. The van der Waals surface area contributed by atoms with Crippen LogP contribution in [0.3, 0.4) is 0 Å². The van der Waals surface area contributed by atoms with Crippen molar-refractivity contribution in [3.63, 3.8) is 0 Å². The molecule has 0 saturated carbocycles. The molecule has 0 aliphatic carbocycles. The van der Waals surface area contributed by atoms with Crippen LogP contribution in [0.2, 0.25) is 0 Å². The Balaban J connectivity index is 1.31. The summed E-state index contributed by atoms with van der Waals surface area (Å²) in [7, 11) is 0. The second-order valence-electron chi connectivity index (χ2n) is 11.6. The summed E-state index contributed by atoms with van der Waals surface area (Å²) in [5.74, 6) is 0. The molecule has 0 aliphatic rings. The molecule has 48 heavy (non-hydrogen) atoms. The van der Waals surface area contributed by atoms with Crippen molar-refractivity contribution in [1.82, 2.24) is 19.9 Å². The van der Waals surface area contributed by atoms with Gasteiger partial charge in [0, 0.05) is 34.6 Å². The number of hydrogen-bond donors (Lipinski definition) is 0. The van der Waals surface area contributed by atoms with Crippen LogP contribution < -0.4 is 0 Å². The van der Waals surface area contributed by atoms with Gasteiger partial charge in [-0.1, -0.05) is 91.0 Å². The fourth-order valence-corrected chi connectivity index (χ4v) is 6.60. The van der Waals surface area contributed by atoms with Gasteiger partial charge in [-0.25, -0.2) is 9.97 Å². The van der Waals surface area contributed by atoms with Crippen molar-refractivity contribution in [3.05, 3.63) is 159 Å². The zero-order chi connectivity index (χ0) is 31.9. The van der Waals surface area contributed by atoms with E-state index in [4.69, 9.17) is 18.8 Å². The first-order chi connectivity index (χ1) is 23.8. The van der Waals surface area contributed by atoms with Crippen LogP contribution in [0.5, 0.6) is 0 Å². The Hall–Kier alpha value is -6.66. The minimum Gasteiger partial charge on any atom is -0.451 e. The zero-order valence-electron chi connectivity index (χ0n) is 25.6. The summed E-state index contributed by atoms with van der Waals surface area (Å²) < 4.78 is 10.4. The average molecular weight is 619 g/mol. The van der Waals surface area contributed by atoms with Crippen LogP contribution in [-0.4, -0.2) is 19.9 Å². The van der Waals surface area contributed by atoms with Crippen molar-refractivity contribution in [2.45, 2.75) is 0 Å². The van der Waals surface area contributed by atoms with Crippen molar-refractivity contribution in [2.24, 2.45) is 0 Å². The van der Waals surface area contributed by atoms with Gasteiger partial charge in [-0.05, 0) is 74.1 Å². The Morgan fingerprint density at radius 1 is 0.354 bits per heavy atom. The second-order valence-corrected chi connectivity index (χ2v) is 11.6. The number of hydrogen-bond acceptors (Lipinski definition) is 6. The van der Waals surface area contributed by atoms with Gasteiger partial charge < -0.3 is 8.83 Å². The van der Waals surface area contributed by atoms with E-state index in [2.05, 4.69) is 113 Å². The molecule has 5 aromatic carbocycles. The van der Waals surface area contributed by atoms with Crippen LogP contribution in [0.25, 0.3) is 88.8 Å². The molecule has 0 radical (unpaired) electrons. The van der Waals surface area contributed by atoms with Crippen molar-refractivity contribution in [2.75, 3.05) is 0 Å². The Labute approximate surface area is 276 Å². The highest BCUT2D eigenvalue weighted by molar-refractivity contribution is 6.21. The molecule has 0 fully saturated rings. The molecule has 6 heteroatoms. The summed E-state index contributed by atoms with van der Waals surface area (Å²) in [5.41, 5.74) is 11.8. The molecule has 9 aromatic rings. The van der Waals surface area contributed by atoms with Gasteiger partial charge >= 0.3 is 0 Å². The van der Waals surface area contributed by atoms with Crippen LogP contribution in [0.1, 0.15) is 0 Å². The third kappa shape index (κ3) is 4.75. The Morgan fingerprint density at radius 3 is 1.40 bits per heavy atom. The predicted octanol–water partition coefficient (Wildman–Crippen LogP) is 10.8. The molecular weight excluding hydrogens is 592 g/mol. The number of aromatic nitrogens is 4. The van der Waals surface area contributed by atoms with E-state index < -0.39 is 0 Å². The predicted molar refractivity (Wildman–Crippen MR) is 190 cm³/mol. The van der Waals surface area contributed by atoms with Crippen LogP contribution in [0.15, 0.2) is 168 Å². The van der Waals surface area contributed by atoms with Gasteiger partial charge in [0.15, 0.2) is 12.8 Å². The van der Waals surface area contributed by atoms with E-state index in [-0.39, 0.29) is 0 Å². The lowest BCUT2D eigenvalue weighted by Gasteiger charge is -2.18. The lowest BCUT2D eigenvalue weighted by molar-refractivity contribution is 0.558. The van der Waals surface area contributed by atoms with Gasteiger partial charge in [-0.15, -0.1) is 0 Å². The maximum Gasteiger partial charge on any atom is 0.181 e. The van der Waals surface area contributed by atoms with Gasteiger partial charge in [0.2, 0.25) is 0 Å². The monoisotopic (exact) mass is 618 g/mol.